The molecule has 0 saturated heterocycles. The second-order valence-corrected chi connectivity index (χ2v) is 11.9. The average Bonchev–Trinajstić information content (AvgIpc) is 2.75. The van der Waals surface area contributed by atoms with Crippen LogP contribution in [0.15, 0.2) is 30.3 Å². The zero-order valence-corrected chi connectivity index (χ0v) is 22.0. The fourth-order valence-corrected chi connectivity index (χ4v) is 6.87. The average molecular weight is 493 g/mol. The summed E-state index contributed by atoms with van der Waals surface area (Å²) in [5, 5.41) is 0. The van der Waals surface area contributed by atoms with Crippen LogP contribution in [0.3, 0.4) is 0 Å². The molecule has 0 heterocycles. The number of hydrogen-bond donors (Lipinski definition) is 0. The molecule has 1 aromatic rings. The van der Waals surface area contributed by atoms with E-state index in [0.717, 1.165) is 18.4 Å². The van der Waals surface area contributed by atoms with Gasteiger partial charge in [-0.25, -0.2) is 0 Å². The minimum Gasteiger partial charge on any atom is -0.376 e. The van der Waals surface area contributed by atoms with Gasteiger partial charge in [-0.3, -0.25) is 9.13 Å². The van der Waals surface area contributed by atoms with Crippen molar-refractivity contribution in [3.05, 3.63) is 35.9 Å². The van der Waals surface area contributed by atoms with Gasteiger partial charge in [0.2, 0.25) is 0 Å². The molecule has 0 fully saturated rings. The van der Waals surface area contributed by atoms with Crippen molar-refractivity contribution in [2.75, 3.05) is 45.4 Å². The maximum atomic E-state index is 12.7. The van der Waals surface area contributed by atoms with Gasteiger partial charge in [0.25, 0.3) is 0 Å². The molecule has 0 amide bonds. The molecule has 0 radical (unpaired) electrons. The highest BCUT2D eigenvalue weighted by Gasteiger charge is 2.25. The SMILES string of the molecule is CCOP(=O)(CCCC(CCCP(=O)(OCC)OCC)COCc1ccccc1)OCC. The summed E-state index contributed by atoms with van der Waals surface area (Å²) in [5.74, 6) is 0.243. The molecule has 7 nitrogen and oxygen atoms in total. The highest BCUT2D eigenvalue weighted by atomic mass is 31.2. The van der Waals surface area contributed by atoms with Crippen LogP contribution < -0.4 is 0 Å². The van der Waals surface area contributed by atoms with E-state index >= 15 is 0 Å². The van der Waals surface area contributed by atoms with Crippen LogP contribution >= 0.6 is 15.2 Å². The first-order chi connectivity index (χ1) is 15.4. The summed E-state index contributed by atoms with van der Waals surface area (Å²) in [6.45, 7) is 9.87. The molecule has 0 aliphatic heterocycles. The standard InChI is InChI=1S/C23H42O7P2/c1-5-27-31(24,28-6-2)18-12-16-23(21-26-20-22-14-10-9-11-15-22)17-13-19-32(25,29-7-3)30-8-4/h9-11,14-15,23H,5-8,12-13,16-21H2,1-4H3. The van der Waals surface area contributed by atoms with Gasteiger partial charge in [-0.05, 0) is 64.9 Å². The molecule has 0 bridgehead atoms. The Balaban J connectivity index is 2.62. The predicted octanol–water partition coefficient (Wildman–Crippen LogP) is 6.91. The molecular weight excluding hydrogens is 450 g/mol. The number of benzene rings is 1. The Labute approximate surface area is 194 Å². The van der Waals surface area contributed by atoms with Crippen molar-refractivity contribution in [1.29, 1.82) is 0 Å². The molecule has 0 atom stereocenters. The summed E-state index contributed by atoms with van der Waals surface area (Å²) in [5.41, 5.74) is 1.13. The van der Waals surface area contributed by atoms with Gasteiger partial charge < -0.3 is 22.8 Å². The van der Waals surface area contributed by atoms with Crippen LogP contribution in [0.1, 0.15) is 58.9 Å². The molecule has 0 saturated carbocycles. The first-order valence-electron chi connectivity index (χ1n) is 11.8. The second kappa shape index (κ2) is 17.0. The third kappa shape index (κ3) is 12.6. The minimum absolute atomic E-state index is 0.243. The number of hydrogen-bond acceptors (Lipinski definition) is 7. The summed E-state index contributed by atoms with van der Waals surface area (Å²) < 4.78 is 53.1. The highest BCUT2D eigenvalue weighted by molar-refractivity contribution is 7.54. The lowest BCUT2D eigenvalue weighted by molar-refractivity contribution is 0.0802. The Bertz CT molecular complexity index is 628. The van der Waals surface area contributed by atoms with Crippen molar-refractivity contribution >= 4 is 15.2 Å². The Morgan fingerprint density at radius 2 is 1.16 bits per heavy atom. The van der Waals surface area contributed by atoms with Crippen LogP contribution in [0, 0.1) is 5.92 Å². The molecule has 0 N–H and O–H groups in total. The van der Waals surface area contributed by atoms with Crippen LogP contribution in [0.5, 0.6) is 0 Å². The zero-order valence-electron chi connectivity index (χ0n) is 20.2. The lowest BCUT2D eigenvalue weighted by Gasteiger charge is -2.21. The highest BCUT2D eigenvalue weighted by Crippen LogP contribution is 2.50. The monoisotopic (exact) mass is 492 g/mol. The Morgan fingerprint density at radius 1 is 0.719 bits per heavy atom. The van der Waals surface area contributed by atoms with Gasteiger partial charge in [0, 0.05) is 6.61 Å². The van der Waals surface area contributed by atoms with E-state index in [1.807, 2.05) is 58.0 Å². The van der Waals surface area contributed by atoms with E-state index in [9.17, 15) is 9.13 Å². The summed E-state index contributed by atoms with van der Waals surface area (Å²) >= 11 is 0. The van der Waals surface area contributed by atoms with Gasteiger partial charge >= 0.3 is 15.2 Å². The van der Waals surface area contributed by atoms with Gasteiger partial charge in [-0.2, -0.15) is 0 Å². The third-order valence-corrected chi connectivity index (χ3v) is 9.19. The second-order valence-electron chi connectivity index (χ2n) is 7.49. The van der Waals surface area contributed by atoms with Crippen LogP contribution in [0.4, 0.5) is 0 Å². The first-order valence-corrected chi connectivity index (χ1v) is 15.2. The lowest BCUT2D eigenvalue weighted by atomic mass is 9.99. The summed E-state index contributed by atoms with van der Waals surface area (Å²) in [7, 11) is -6.09. The maximum absolute atomic E-state index is 12.7. The van der Waals surface area contributed by atoms with Crippen LogP contribution in [-0.2, 0) is 38.6 Å². The molecule has 0 aliphatic rings. The lowest BCUT2D eigenvalue weighted by Crippen LogP contribution is -2.13. The predicted molar refractivity (Wildman–Crippen MR) is 130 cm³/mol. The van der Waals surface area contributed by atoms with Gasteiger partial charge in [0.05, 0.1) is 45.4 Å². The molecule has 0 aromatic heterocycles. The van der Waals surface area contributed by atoms with E-state index in [1.54, 1.807) is 0 Å². The molecule has 9 heteroatoms. The van der Waals surface area contributed by atoms with Gasteiger partial charge in [-0.1, -0.05) is 30.3 Å². The van der Waals surface area contributed by atoms with Crippen LogP contribution in [0.25, 0.3) is 0 Å². The summed E-state index contributed by atoms with van der Waals surface area (Å²) in [6, 6.07) is 10.0. The van der Waals surface area contributed by atoms with Gasteiger partial charge in [0.15, 0.2) is 0 Å². The van der Waals surface area contributed by atoms with Crippen LogP contribution in [-0.4, -0.2) is 45.4 Å². The third-order valence-electron chi connectivity index (χ3n) is 4.86. The van der Waals surface area contributed by atoms with Crippen molar-refractivity contribution in [3.63, 3.8) is 0 Å². The summed E-state index contributed by atoms with van der Waals surface area (Å²) in [4.78, 5) is 0. The number of ether oxygens (including phenoxy) is 1. The molecule has 1 aromatic carbocycles. The Hall–Kier alpha value is -0.520. The van der Waals surface area contributed by atoms with E-state index in [0.29, 0.717) is 64.8 Å². The molecule has 186 valence electrons. The smallest absolute Gasteiger partial charge is 0.330 e. The Morgan fingerprint density at radius 3 is 1.56 bits per heavy atom. The normalized spacial score (nSPS) is 12.5. The molecule has 0 spiro atoms. The van der Waals surface area contributed by atoms with Gasteiger partial charge in [0.1, 0.15) is 0 Å². The minimum atomic E-state index is -3.05. The summed E-state index contributed by atoms with van der Waals surface area (Å²) in [6.07, 6.45) is 3.86. The topological polar surface area (TPSA) is 80.3 Å². The van der Waals surface area contributed by atoms with E-state index in [2.05, 4.69) is 0 Å². The molecule has 0 unspecified atom stereocenters. The quantitative estimate of drug-likeness (QED) is 0.183. The fraction of sp³-hybridized carbons (Fsp3) is 0.739. The Kier molecular flexibility index (Phi) is 15.7. The van der Waals surface area contributed by atoms with Crippen molar-refractivity contribution in [2.24, 2.45) is 5.92 Å². The van der Waals surface area contributed by atoms with E-state index in [1.165, 1.54) is 0 Å². The number of rotatable bonds is 20. The molecule has 0 aliphatic carbocycles. The zero-order chi connectivity index (χ0) is 23.7. The van der Waals surface area contributed by atoms with Gasteiger partial charge in [-0.15, -0.1) is 0 Å². The largest absolute Gasteiger partial charge is 0.376 e. The first kappa shape index (κ1) is 29.5. The van der Waals surface area contributed by atoms with E-state index in [4.69, 9.17) is 22.8 Å². The molecule has 1 rings (SSSR count). The van der Waals surface area contributed by atoms with E-state index in [-0.39, 0.29) is 5.92 Å². The molecule has 32 heavy (non-hydrogen) atoms. The van der Waals surface area contributed by atoms with Crippen LogP contribution in [0.2, 0.25) is 0 Å². The fourth-order valence-electron chi connectivity index (χ4n) is 3.50. The van der Waals surface area contributed by atoms with Crippen molar-refractivity contribution in [1.82, 2.24) is 0 Å². The van der Waals surface area contributed by atoms with Crippen molar-refractivity contribution < 1.29 is 32.0 Å². The van der Waals surface area contributed by atoms with E-state index < -0.39 is 15.2 Å². The molecular formula is C23H42O7P2. The van der Waals surface area contributed by atoms with Crippen molar-refractivity contribution in [2.45, 2.75) is 60.0 Å². The van der Waals surface area contributed by atoms with Crippen molar-refractivity contribution in [3.8, 4) is 0 Å². The maximum Gasteiger partial charge on any atom is 0.330 e.